The lowest BCUT2D eigenvalue weighted by Gasteiger charge is -2.22. The Morgan fingerprint density at radius 3 is 2.42 bits per heavy atom. The van der Waals surface area contributed by atoms with Gasteiger partial charge in [-0.1, -0.05) is 6.07 Å². The molecule has 0 bridgehead atoms. The molecule has 3 nitrogen and oxygen atoms in total. The molecule has 0 spiro atoms. The molecule has 0 aliphatic rings. The highest BCUT2D eigenvalue weighted by molar-refractivity contribution is 5.49. The summed E-state index contributed by atoms with van der Waals surface area (Å²) in [4.78, 5) is 2.34. The Labute approximate surface area is 117 Å². The zero-order valence-corrected chi connectivity index (χ0v) is 13.0. The molecular weight excluding hydrogens is 236 g/mol. The number of nitrogens with zero attached hydrogens (tertiary/aromatic N) is 1. The van der Waals surface area contributed by atoms with Crippen molar-refractivity contribution >= 4 is 0 Å². The Hall–Kier alpha value is -1.06. The van der Waals surface area contributed by atoms with Crippen molar-refractivity contribution in [3.05, 3.63) is 28.3 Å². The summed E-state index contributed by atoms with van der Waals surface area (Å²) in [6.45, 7) is 9.22. The van der Waals surface area contributed by atoms with Crippen LogP contribution in [0.25, 0.3) is 0 Å². The van der Waals surface area contributed by atoms with E-state index in [9.17, 15) is 0 Å². The Bertz CT molecular complexity index is 416. The van der Waals surface area contributed by atoms with E-state index >= 15 is 0 Å². The predicted molar refractivity (Wildman–Crippen MR) is 81.8 cm³/mol. The van der Waals surface area contributed by atoms with E-state index in [1.54, 1.807) is 7.11 Å². The van der Waals surface area contributed by atoms with Crippen LogP contribution in [0.3, 0.4) is 0 Å². The molecule has 2 N–H and O–H groups in total. The van der Waals surface area contributed by atoms with Gasteiger partial charge in [0.2, 0.25) is 0 Å². The first kappa shape index (κ1) is 16.0. The zero-order chi connectivity index (χ0) is 14.4. The summed E-state index contributed by atoms with van der Waals surface area (Å²) < 4.78 is 5.62. The van der Waals surface area contributed by atoms with E-state index in [1.165, 1.54) is 22.3 Å². The van der Waals surface area contributed by atoms with E-state index in [-0.39, 0.29) is 0 Å². The van der Waals surface area contributed by atoms with Crippen LogP contribution in [0.2, 0.25) is 0 Å². The first-order valence-corrected chi connectivity index (χ1v) is 7.03. The molecule has 0 aromatic heterocycles. The molecule has 0 aliphatic carbocycles. The number of benzene rings is 1. The second kappa shape index (κ2) is 7.51. The van der Waals surface area contributed by atoms with Gasteiger partial charge in [0.05, 0.1) is 7.11 Å². The Morgan fingerprint density at radius 1 is 1.16 bits per heavy atom. The minimum absolute atomic E-state index is 0.778. The lowest BCUT2D eigenvalue weighted by atomic mass is 9.98. The zero-order valence-electron chi connectivity index (χ0n) is 13.0. The van der Waals surface area contributed by atoms with Crippen molar-refractivity contribution < 1.29 is 4.74 Å². The topological polar surface area (TPSA) is 38.5 Å². The lowest BCUT2D eigenvalue weighted by molar-refractivity contribution is 0.309. The number of aryl methyl sites for hydroxylation is 2. The molecule has 0 saturated heterocycles. The van der Waals surface area contributed by atoms with Gasteiger partial charge in [-0.25, -0.2) is 0 Å². The summed E-state index contributed by atoms with van der Waals surface area (Å²) in [5.41, 5.74) is 10.7. The Morgan fingerprint density at radius 2 is 1.84 bits per heavy atom. The standard InChI is InChI=1S/C16H28N2O/c1-12-10-13(2)15(16(19-5)14(12)3)11-18(4)9-7-6-8-17/h10H,6-9,11,17H2,1-5H3. The summed E-state index contributed by atoms with van der Waals surface area (Å²) in [5, 5.41) is 0. The first-order chi connectivity index (χ1) is 9.01. The van der Waals surface area contributed by atoms with E-state index in [4.69, 9.17) is 10.5 Å². The van der Waals surface area contributed by atoms with Gasteiger partial charge in [-0.05, 0) is 70.4 Å². The monoisotopic (exact) mass is 264 g/mol. The number of nitrogens with two attached hydrogens (primary N) is 1. The molecular formula is C16H28N2O. The van der Waals surface area contributed by atoms with Crippen molar-refractivity contribution in [2.75, 3.05) is 27.2 Å². The second-order valence-corrected chi connectivity index (χ2v) is 5.38. The molecule has 0 heterocycles. The summed E-state index contributed by atoms with van der Waals surface area (Å²) in [7, 11) is 3.92. The molecule has 0 amide bonds. The van der Waals surface area contributed by atoms with Crippen molar-refractivity contribution in [1.29, 1.82) is 0 Å². The third kappa shape index (κ3) is 4.22. The van der Waals surface area contributed by atoms with Crippen LogP contribution >= 0.6 is 0 Å². The van der Waals surface area contributed by atoms with Gasteiger partial charge in [0.15, 0.2) is 0 Å². The molecule has 108 valence electrons. The Balaban J connectivity index is 2.85. The molecule has 3 heteroatoms. The Kier molecular flexibility index (Phi) is 6.32. The summed E-state index contributed by atoms with van der Waals surface area (Å²) in [5.74, 6) is 1.04. The molecule has 0 aliphatic heterocycles. The van der Waals surface area contributed by atoms with E-state index < -0.39 is 0 Å². The minimum atomic E-state index is 0.778. The largest absolute Gasteiger partial charge is 0.496 e. The van der Waals surface area contributed by atoms with Crippen LogP contribution in [-0.2, 0) is 6.54 Å². The van der Waals surface area contributed by atoms with Crippen molar-refractivity contribution in [2.45, 2.75) is 40.2 Å². The maximum atomic E-state index is 5.62. The van der Waals surface area contributed by atoms with Crippen LogP contribution in [0.5, 0.6) is 5.75 Å². The van der Waals surface area contributed by atoms with Crippen LogP contribution in [0, 0.1) is 20.8 Å². The highest BCUT2D eigenvalue weighted by Crippen LogP contribution is 2.30. The van der Waals surface area contributed by atoms with Gasteiger partial charge in [-0.2, -0.15) is 0 Å². The van der Waals surface area contributed by atoms with Crippen LogP contribution in [0.1, 0.15) is 35.1 Å². The van der Waals surface area contributed by atoms with E-state index in [2.05, 4.69) is 38.8 Å². The summed E-state index contributed by atoms with van der Waals surface area (Å²) in [6.07, 6.45) is 2.24. The van der Waals surface area contributed by atoms with Crippen LogP contribution < -0.4 is 10.5 Å². The number of ether oxygens (including phenoxy) is 1. The van der Waals surface area contributed by atoms with Crippen LogP contribution in [0.4, 0.5) is 0 Å². The van der Waals surface area contributed by atoms with Gasteiger partial charge >= 0.3 is 0 Å². The molecule has 19 heavy (non-hydrogen) atoms. The number of methoxy groups -OCH3 is 1. The van der Waals surface area contributed by atoms with E-state index in [0.717, 1.165) is 38.2 Å². The maximum Gasteiger partial charge on any atom is 0.126 e. The molecule has 1 aromatic carbocycles. The second-order valence-electron chi connectivity index (χ2n) is 5.38. The average molecular weight is 264 g/mol. The molecule has 1 aromatic rings. The van der Waals surface area contributed by atoms with E-state index in [0.29, 0.717) is 0 Å². The van der Waals surface area contributed by atoms with E-state index in [1.807, 2.05) is 0 Å². The fraction of sp³-hybridized carbons (Fsp3) is 0.625. The van der Waals surface area contributed by atoms with Gasteiger partial charge in [0.25, 0.3) is 0 Å². The van der Waals surface area contributed by atoms with Crippen molar-refractivity contribution in [3.63, 3.8) is 0 Å². The fourth-order valence-corrected chi connectivity index (χ4v) is 2.45. The van der Waals surface area contributed by atoms with Crippen LogP contribution in [-0.4, -0.2) is 32.1 Å². The molecule has 0 atom stereocenters. The average Bonchev–Trinajstić information content (AvgIpc) is 2.36. The molecule has 1 rings (SSSR count). The third-order valence-electron chi connectivity index (χ3n) is 3.74. The lowest BCUT2D eigenvalue weighted by Crippen LogP contribution is -2.21. The van der Waals surface area contributed by atoms with Gasteiger partial charge in [-0.15, -0.1) is 0 Å². The quantitative estimate of drug-likeness (QED) is 0.770. The number of rotatable bonds is 7. The molecule has 0 fully saturated rings. The highest BCUT2D eigenvalue weighted by atomic mass is 16.5. The maximum absolute atomic E-state index is 5.62. The van der Waals surface area contributed by atoms with Crippen molar-refractivity contribution in [2.24, 2.45) is 5.73 Å². The summed E-state index contributed by atoms with van der Waals surface area (Å²) >= 11 is 0. The van der Waals surface area contributed by atoms with Gasteiger partial charge in [-0.3, -0.25) is 0 Å². The van der Waals surface area contributed by atoms with Gasteiger partial charge < -0.3 is 15.4 Å². The number of hydrogen-bond acceptors (Lipinski definition) is 3. The summed E-state index contributed by atoms with van der Waals surface area (Å²) in [6, 6.07) is 2.25. The van der Waals surface area contributed by atoms with Crippen LogP contribution in [0.15, 0.2) is 6.07 Å². The van der Waals surface area contributed by atoms with Crippen molar-refractivity contribution in [3.8, 4) is 5.75 Å². The SMILES string of the molecule is COc1c(C)c(C)cc(C)c1CN(C)CCCCN. The smallest absolute Gasteiger partial charge is 0.126 e. The normalized spacial score (nSPS) is 11.1. The highest BCUT2D eigenvalue weighted by Gasteiger charge is 2.13. The predicted octanol–water partition coefficient (Wildman–Crippen LogP) is 2.79. The molecule has 0 radical (unpaired) electrons. The third-order valence-corrected chi connectivity index (χ3v) is 3.74. The fourth-order valence-electron chi connectivity index (χ4n) is 2.45. The van der Waals surface area contributed by atoms with Gasteiger partial charge in [0, 0.05) is 12.1 Å². The first-order valence-electron chi connectivity index (χ1n) is 7.03. The minimum Gasteiger partial charge on any atom is -0.496 e. The van der Waals surface area contributed by atoms with Gasteiger partial charge in [0.1, 0.15) is 5.75 Å². The number of hydrogen-bond donors (Lipinski definition) is 1. The molecule has 0 unspecified atom stereocenters. The van der Waals surface area contributed by atoms with Crippen molar-refractivity contribution in [1.82, 2.24) is 4.90 Å². The molecule has 0 saturated carbocycles. The number of unbranched alkanes of at least 4 members (excludes halogenated alkanes) is 1.